The third kappa shape index (κ3) is 4.04. The van der Waals surface area contributed by atoms with Crippen molar-refractivity contribution in [3.63, 3.8) is 0 Å². The van der Waals surface area contributed by atoms with Crippen LogP contribution in [0.5, 0.6) is 0 Å². The van der Waals surface area contributed by atoms with Gasteiger partial charge in [0.15, 0.2) is 5.16 Å². The number of rotatable bonds is 5. The van der Waals surface area contributed by atoms with Gasteiger partial charge < -0.3 is 5.11 Å². The first-order valence-corrected chi connectivity index (χ1v) is 9.55. The molecule has 0 fully saturated rings. The Kier molecular flexibility index (Phi) is 5.87. The van der Waals surface area contributed by atoms with Crippen LogP contribution in [-0.2, 0) is 12.3 Å². The van der Waals surface area contributed by atoms with Crippen LogP contribution in [-0.4, -0.2) is 20.8 Å². The molecular weight excluding hydrogens is 398 g/mol. The number of hydrogen-bond acceptors (Lipinski definition) is 4. The lowest BCUT2D eigenvalue weighted by Crippen LogP contribution is -2.27. The van der Waals surface area contributed by atoms with Gasteiger partial charge in [0.2, 0.25) is 0 Å². The zero-order valence-electron chi connectivity index (χ0n) is 13.7. The summed E-state index contributed by atoms with van der Waals surface area (Å²) in [5.41, 5.74) is 0.504. The molecule has 3 rings (SSSR count). The highest BCUT2D eigenvalue weighted by molar-refractivity contribution is 7.98. The van der Waals surface area contributed by atoms with E-state index < -0.39 is 11.9 Å². The number of aliphatic hydroxyl groups is 1. The molecule has 0 aliphatic heterocycles. The van der Waals surface area contributed by atoms with Crippen LogP contribution in [0.25, 0.3) is 10.9 Å². The molecule has 1 aromatic heterocycles. The molecule has 0 spiro atoms. The highest BCUT2D eigenvalue weighted by atomic mass is 35.5. The molecule has 0 saturated carbocycles. The summed E-state index contributed by atoms with van der Waals surface area (Å²) in [6.07, 6.45) is -0.740. The van der Waals surface area contributed by atoms with E-state index >= 15 is 0 Å². The van der Waals surface area contributed by atoms with Gasteiger partial charge in [0.1, 0.15) is 5.82 Å². The molecule has 4 nitrogen and oxygen atoms in total. The van der Waals surface area contributed by atoms with Crippen molar-refractivity contribution in [1.29, 1.82) is 0 Å². The lowest BCUT2D eigenvalue weighted by molar-refractivity contribution is 0.168. The van der Waals surface area contributed by atoms with Gasteiger partial charge in [0, 0.05) is 21.4 Å². The predicted octanol–water partition coefficient (Wildman–Crippen LogP) is 4.52. The van der Waals surface area contributed by atoms with Crippen LogP contribution in [0.1, 0.15) is 12.5 Å². The van der Waals surface area contributed by atoms with Gasteiger partial charge in [-0.2, -0.15) is 0 Å². The SMILES string of the molecule is C[C@@H](O)Cn1c(SCc2c(F)cccc2Cl)nc2cc(Cl)ccc2c1=O. The van der Waals surface area contributed by atoms with Gasteiger partial charge in [0.25, 0.3) is 5.56 Å². The van der Waals surface area contributed by atoms with Crippen LogP contribution in [0, 0.1) is 5.82 Å². The lowest BCUT2D eigenvalue weighted by atomic mass is 10.2. The van der Waals surface area contributed by atoms with Crippen LogP contribution in [0.3, 0.4) is 0 Å². The summed E-state index contributed by atoms with van der Waals surface area (Å²) in [4.78, 5) is 17.3. The number of aliphatic hydroxyl groups excluding tert-OH is 1. The molecule has 0 saturated heterocycles. The van der Waals surface area contributed by atoms with Gasteiger partial charge in [-0.05, 0) is 37.3 Å². The standard InChI is InChI=1S/C18H15Cl2FN2O2S/c1-10(24)8-23-17(25)12-6-5-11(19)7-16(12)22-18(23)26-9-13-14(20)3-2-4-15(13)21/h2-7,10,24H,8-9H2,1H3/t10-/m1/s1. The molecule has 136 valence electrons. The molecule has 0 aliphatic carbocycles. The molecule has 0 radical (unpaired) electrons. The third-order valence-electron chi connectivity index (χ3n) is 3.74. The van der Waals surface area contributed by atoms with Crippen LogP contribution < -0.4 is 5.56 Å². The molecule has 0 unspecified atom stereocenters. The average molecular weight is 413 g/mol. The van der Waals surface area contributed by atoms with E-state index in [2.05, 4.69) is 4.98 Å². The Morgan fingerprint density at radius 2 is 2.08 bits per heavy atom. The van der Waals surface area contributed by atoms with Crippen LogP contribution in [0.15, 0.2) is 46.3 Å². The molecule has 1 atom stereocenters. The summed E-state index contributed by atoms with van der Waals surface area (Å²) in [5, 5.41) is 11.3. The van der Waals surface area contributed by atoms with E-state index in [1.54, 1.807) is 31.2 Å². The minimum atomic E-state index is -0.740. The second kappa shape index (κ2) is 7.96. The van der Waals surface area contributed by atoms with Gasteiger partial charge in [0.05, 0.1) is 23.6 Å². The van der Waals surface area contributed by atoms with Crippen LogP contribution >= 0.6 is 35.0 Å². The first-order valence-electron chi connectivity index (χ1n) is 7.80. The Labute approximate surface area is 163 Å². The second-order valence-corrected chi connectivity index (χ2v) is 7.60. The van der Waals surface area contributed by atoms with E-state index in [9.17, 15) is 14.3 Å². The molecule has 3 aromatic rings. The highest BCUT2D eigenvalue weighted by Gasteiger charge is 2.15. The lowest BCUT2D eigenvalue weighted by Gasteiger charge is -2.15. The maximum absolute atomic E-state index is 14.0. The molecule has 1 heterocycles. The van der Waals surface area contributed by atoms with Crippen molar-refractivity contribution in [3.8, 4) is 0 Å². The number of fused-ring (bicyclic) bond motifs is 1. The van der Waals surface area contributed by atoms with E-state index in [0.29, 0.717) is 31.7 Å². The number of halogens is 3. The van der Waals surface area contributed by atoms with E-state index in [1.807, 2.05) is 0 Å². The highest BCUT2D eigenvalue weighted by Crippen LogP contribution is 2.28. The normalized spacial score (nSPS) is 12.5. The zero-order chi connectivity index (χ0) is 18.8. The molecule has 26 heavy (non-hydrogen) atoms. The minimum absolute atomic E-state index is 0.0811. The van der Waals surface area contributed by atoms with Crippen LogP contribution in [0.4, 0.5) is 4.39 Å². The maximum Gasteiger partial charge on any atom is 0.262 e. The second-order valence-electron chi connectivity index (χ2n) is 5.81. The summed E-state index contributed by atoms with van der Waals surface area (Å²) in [5.74, 6) is -0.220. The predicted molar refractivity (Wildman–Crippen MR) is 104 cm³/mol. The minimum Gasteiger partial charge on any atom is -0.392 e. The van der Waals surface area contributed by atoms with E-state index in [4.69, 9.17) is 23.2 Å². The Balaban J connectivity index is 2.06. The third-order valence-corrected chi connectivity index (χ3v) is 5.33. The largest absolute Gasteiger partial charge is 0.392 e. The Morgan fingerprint density at radius 1 is 1.31 bits per heavy atom. The van der Waals surface area contributed by atoms with Gasteiger partial charge >= 0.3 is 0 Å². The van der Waals surface area contributed by atoms with Crippen LogP contribution in [0.2, 0.25) is 10.0 Å². The van der Waals surface area contributed by atoms with E-state index in [1.165, 1.54) is 28.5 Å². The average Bonchev–Trinajstić information content (AvgIpc) is 2.57. The molecule has 0 bridgehead atoms. The smallest absolute Gasteiger partial charge is 0.262 e. The van der Waals surface area contributed by atoms with Crippen molar-refractivity contribution in [1.82, 2.24) is 9.55 Å². The van der Waals surface area contributed by atoms with Crippen molar-refractivity contribution in [3.05, 3.63) is 68.2 Å². The molecule has 2 aromatic carbocycles. The molecule has 0 aliphatic rings. The summed E-state index contributed by atoms with van der Waals surface area (Å²) >= 11 is 13.2. The summed E-state index contributed by atoms with van der Waals surface area (Å²) in [7, 11) is 0. The van der Waals surface area contributed by atoms with Gasteiger partial charge in [-0.1, -0.05) is 41.0 Å². The van der Waals surface area contributed by atoms with Crippen molar-refractivity contribution >= 4 is 45.9 Å². The number of hydrogen-bond donors (Lipinski definition) is 1. The quantitative estimate of drug-likeness (QED) is 0.494. The summed E-state index contributed by atoms with van der Waals surface area (Å²) < 4.78 is 15.4. The molecule has 1 N–H and O–H groups in total. The zero-order valence-corrected chi connectivity index (χ0v) is 16.1. The summed E-state index contributed by atoms with van der Waals surface area (Å²) in [6.45, 7) is 1.67. The fraction of sp³-hybridized carbons (Fsp3) is 0.222. The molecule has 0 amide bonds. The molecule has 8 heteroatoms. The van der Waals surface area contributed by atoms with E-state index in [0.717, 1.165) is 0 Å². The van der Waals surface area contributed by atoms with Gasteiger partial charge in [-0.25, -0.2) is 9.37 Å². The Morgan fingerprint density at radius 3 is 2.77 bits per heavy atom. The van der Waals surface area contributed by atoms with Crippen molar-refractivity contribution in [2.75, 3.05) is 0 Å². The Hall–Kier alpha value is -1.60. The van der Waals surface area contributed by atoms with Crippen molar-refractivity contribution < 1.29 is 9.50 Å². The van der Waals surface area contributed by atoms with Gasteiger partial charge in [-0.15, -0.1) is 0 Å². The first kappa shape index (κ1) is 19.2. The van der Waals surface area contributed by atoms with Crippen molar-refractivity contribution in [2.24, 2.45) is 0 Å². The maximum atomic E-state index is 14.0. The molecular formula is C18H15Cl2FN2O2S. The topological polar surface area (TPSA) is 55.1 Å². The number of thioether (sulfide) groups is 1. The van der Waals surface area contributed by atoms with E-state index in [-0.39, 0.29) is 17.9 Å². The fourth-order valence-corrected chi connectivity index (χ4v) is 4.03. The number of benzene rings is 2. The first-order chi connectivity index (χ1) is 12.4. The fourth-order valence-electron chi connectivity index (χ4n) is 2.52. The van der Waals surface area contributed by atoms with Gasteiger partial charge in [-0.3, -0.25) is 9.36 Å². The number of nitrogens with zero attached hydrogens (tertiary/aromatic N) is 2. The number of aromatic nitrogens is 2. The Bertz CT molecular complexity index is 1000. The van der Waals surface area contributed by atoms with Crippen molar-refractivity contribution in [2.45, 2.75) is 30.5 Å². The monoisotopic (exact) mass is 412 g/mol. The summed E-state index contributed by atoms with van der Waals surface area (Å²) in [6, 6.07) is 9.30.